The standard InChI is InChI=1S/C20H16FN3O3/c21-20-4-2-1-3-16(20)14-27-19-11-5-15(6-12-19)13-22-23-17-7-9-18(10-8-17)24(25)26/h1-13,23H,14H2. The quantitative estimate of drug-likeness (QED) is 0.372. The largest absolute Gasteiger partial charge is 0.489 e. The highest BCUT2D eigenvalue weighted by molar-refractivity contribution is 5.80. The lowest BCUT2D eigenvalue weighted by atomic mass is 10.2. The zero-order chi connectivity index (χ0) is 19.1. The molecule has 0 atom stereocenters. The van der Waals surface area contributed by atoms with Crippen LogP contribution in [0, 0.1) is 15.9 Å². The monoisotopic (exact) mass is 365 g/mol. The van der Waals surface area contributed by atoms with Gasteiger partial charge in [-0.15, -0.1) is 0 Å². The van der Waals surface area contributed by atoms with E-state index in [1.807, 2.05) is 12.1 Å². The second kappa shape index (κ2) is 8.57. The third kappa shape index (κ3) is 5.12. The van der Waals surface area contributed by atoms with Gasteiger partial charge in [-0.2, -0.15) is 5.10 Å². The summed E-state index contributed by atoms with van der Waals surface area (Å²) in [5, 5.41) is 14.7. The summed E-state index contributed by atoms with van der Waals surface area (Å²) in [7, 11) is 0. The summed E-state index contributed by atoms with van der Waals surface area (Å²) in [6.45, 7) is 0.155. The molecule has 3 aromatic rings. The van der Waals surface area contributed by atoms with E-state index in [1.165, 1.54) is 18.2 Å². The molecule has 1 N–H and O–H groups in total. The average molecular weight is 365 g/mol. The fourth-order valence-corrected chi connectivity index (χ4v) is 2.27. The summed E-state index contributed by atoms with van der Waals surface area (Å²) in [4.78, 5) is 10.2. The molecular formula is C20H16FN3O3. The van der Waals surface area contributed by atoms with Gasteiger partial charge in [-0.3, -0.25) is 15.5 Å². The molecule has 0 aliphatic rings. The van der Waals surface area contributed by atoms with Crippen LogP contribution in [-0.2, 0) is 6.61 Å². The number of nitrogens with zero attached hydrogens (tertiary/aromatic N) is 2. The molecule has 0 aliphatic heterocycles. The Bertz CT molecular complexity index is 941. The molecule has 0 spiro atoms. The van der Waals surface area contributed by atoms with E-state index in [0.29, 0.717) is 17.0 Å². The van der Waals surface area contributed by atoms with E-state index in [9.17, 15) is 14.5 Å². The van der Waals surface area contributed by atoms with E-state index in [4.69, 9.17) is 4.74 Å². The number of nitro benzene ring substituents is 1. The zero-order valence-corrected chi connectivity index (χ0v) is 14.2. The summed E-state index contributed by atoms with van der Waals surface area (Å²) < 4.78 is 19.1. The van der Waals surface area contributed by atoms with Crippen molar-refractivity contribution in [1.29, 1.82) is 0 Å². The number of rotatable bonds is 7. The lowest BCUT2D eigenvalue weighted by molar-refractivity contribution is -0.384. The maximum absolute atomic E-state index is 13.6. The molecule has 0 unspecified atom stereocenters. The minimum atomic E-state index is -0.456. The number of ether oxygens (including phenoxy) is 1. The Labute approximate surface area is 155 Å². The molecule has 0 aromatic heterocycles. The first-order valence-electron chi connectivity index (χ1n) is 8.11. The summed E-state index contributed by atoms with van der Waals surface area (Å²) in [5.41, 5.74) is 4.80. The summed E-state index contributed by atoms with van der Waals surface area (Å²) in [5.74, 6) is 0.331. The number of anilines is 1. The average Bonchev–Trinajstić information content (AvgIpc) is 2.69. The number of non-ortho nitro benzene ring substituents is 1. The predicted octanol–water partition coefficient (Wildman–Crippen LogP) is 4.76. The van der Waals surface area contributed by atoms with Gasteiger partial charge in [0.15, 0.2) is 0 Å². The van der Waals surface area contributed by atoms with Crippen LogP contribution in [0.2, 0.25) is 0 Å². The second-order valence-corrected chi connectivity index (χ2v) is 5.62. The highest BCUT2D eigenvalue weighted by atomic mass is 19.1. The number of nitro groups is 1. The van der Waals surface area contributed by atoms with Gasteiger partial charge in [0, 0.05) is 17.7 Å². The third-order valence-electron chi connectivity index (χ3n) is 3.72. The Kier molecular flexibility index (Phi) is 5.73. The van der Waals surface area contributed by atoms with Crippen LogP contribution in [0.25, 0.3) is 0 Å². The Morgan fingerprint density at radius 2 is 1.74 bits per heavy atom. The van der Waals surface area contributed by atoms with E-state index in [2.05, 4.69) is 10.5 Å². The Balaban J connectivity index is 1.53. The van der Waals surface area contributed by atoms with Crippen molar-refractivity contribution in [3.8, 4) is 5.75 Å². The first kappa shape index (κ1) is 18.1. The number of hydrazone groups is 1. The van der Waals surface area contributed by atoms with Gasteiger partial charge < -0.3 is 4.74 Å². The maximum Gasteiger partial charge on any atom is 0.269 e. The molecule has 0 heterocycles. The summed E-state index contributed by atoms with van der Waals surface area (Å²) in [6.07, 6.45) is 1.61. The molecule has 3 aromatic carbocycles. The van der Waals surface area contributed by atoms with Crippen LogP contribution < -0.4 is 10.2 Å². The van der Waals surface area contributed by atoms with Crippen molar-refractivity contribution >= 4 is 17.6 Å². The molecule has 0 saturated heterocycles. The van der Waals surface area contributed by atoms with Gasteiger partial charge in [-0.1, -0.05) is 18.2 Å². The second-order valence-electron chi connectivity index (χ2n) is 5.62. The Hall–Kier alpha value is -3.74. The van der Waals surface area contributed by atoms with E-state index in [1.54, 1.807) is 48.7 Å². The number of nitrogens with one attached hydrogen (secondary N) is 1. The van der Waals surface area contributed by atoms with Crippen molar-refractivity contribution < 1.29 is 14.1 Å². The van der Waals surface area contributed by atoms with Crippen LogP contribution in [-0.4, -0.2) is 11.1 Å². The van der Waals surface area contributed by atoms with E-state index in [0.717, 1.165) is 5.56 Å². The minimum Gasteiger partial charge on any atom is -0.489 e. The van der Waals surface area contributed by atoms with Crippen LogP contribution in [0.5, 0.6) is 5.75 Å². The van der Waals surface area contributed by atoms with Crippen molar-refractivity contribution in [3.05, 3.63) is 99.9 Å². The van der Waals surface area contributed by atoms with Gasteiger partial charge in [-0.25, -0.2) is 4.39 Å². The first-order valence-corrected chi connectivity index (χ1v) is 8.11. The Morgan fingerprint density at radius 3 is 2.41 bits per heavy atom. The van der Waals surface area contributed by atoms with E-state index >= 15 is 0 Å². The first-order chi connectivity index (χ1) is 13.1. The summed E-state index contributed by atoms with van der Waals surface area (Å²) >= 11 is 0. The van der Waals surface area contributed by atoms with Gasteiger partial charge in [-0.05, 0) is 48.0 Å². The number of hydrogen-bond donors (Lipinski definition) is 1. The van der Waals surface area contributed by atoms with Gasteiger partial charge in [0.25, 0.3) is 5.69 Å². The van der Waals surface area contributed by atoms with Crippen molar-refractivity contribution in [2.24, 2.45) is 5.10 Å². The molecular weight excluding hydrogens is 349 g/mol. The van der Waals surface area contributed by atoms with Crippen LogP contribution >= 0.6 is 0 Å². The maximum atomic E-state index is 13.6. The molecule has 0 saturated carbocycles. The van der Waals surface area contributed by atoms with Gasteiger partial charge in [0.1, 0.15) is 18.2 Å². The SMILES string of the molecule is O=[N+]([O-])c1ccc(NN=Cc2ccc(OCc3ccccc3F)cc2)cc1. The molecule has 27 heavy (non-hydrogen) atoms. The third-order valence-corrected chi connectivity index (χ3v) is 3.72. The van der Waals surface area contributed by atoms with Crippen LogP contribution in [0.1, 0.15) is 11.1 Å². The van der Waals surface area contributed by atoms with Gasteiger partial charge in [0.05, 0.1) is 16.8 Å². The molecule has 0 amide bonds. The minimum absolute atomic E-state index is 0.0236. The number of benzene rings is 3. The highest BCUT2D eigenvalue weighted by Gasteiger charge is 2.03. The van der Waals surface area contributed by atoms with Crippen molar-refractivity contribution in [2.45, 2.75) is 6.61 Å². The normalized spacial score (nSPS) is 10.7. The summed E-state index contributed by atoms with van der Waals surface area (Å²) in [6, 6.07) is 19.6. The smallest absolute Gasteiger partial charge is 0.269 e. The zero-order valence-electron chi connectivity index (χ0n) is 14.2. The van der Waals surface area contributed by atoms with Crippen molar-refractivity contribution in [1.82, 2.24) is 0 Å². The number of hydrogen-bond acceptors (Lipinski definition) is 5. The van der Waals surface area contributed by atoms with Crippen LogP contribution in [0.3, 0.4) is 0 Å². The van der Waals surface area contributed by atoms with Gasteiger partial charge in [0.2, 0.25) is 0 Å². The molecule has 0 fully saturated rings. The molecule has 0 radical (unpaired) electrons. The van der Waals surface area contributed by atoms with Crippen LogP contribution in [0.15, 0.2) is 77.9 Å². The van der Waals surface area contributed by atoms with Crippen LogP contribution in [0.4, 0.5) is 15.8 Å². The highest BCUT2D eigenvalue weighted by Crippen LogP contribution is 2.16. The molecule has 0 aliphatic carbocycles. The predicted molar refractivity (Wildman–Crippen MR) is 101 cm³/mol. The lowest BCUT2D eigenvalue weighted by Crippen LogP contribution is -1.98. The molecule has 3 rings (SSSR count). The van der Waals surface area contributed by atoms with Crippen molar-refractivity contribution in [3.63, 3.8) is 0 Å². The Morgan fingerprint density at radius 1 is 1.04 bits per heavy atom. The lowest BCUT2D eigenvalue weighted by Gasteiger charge is -2.07. The number of halogens is 1. The molecule has 136 valence electrons. The van der Waals surface area contributed by atoms with Crippen molar-refractivity contribution in [2.75, 3.05) is 5.43 Å². The van der Waals surface area contributed by atoms with E-state index in [-0.39, 0.29) is 18.1 Å². The molecule has 0 bridgehead atoms. The fourth-order valence-electron chi connectivity index (χ4n) is 2.27. The topological polar surface area (TPSA) is 76.8 Å². The van der Waals surface area contributed by atoms with Gasteiger partial charge >= 0.3 is 0 Å². The molecule has 6 nitrogen and oxygen atoms in total. The van der Waals surface area contributed by atoms with E-state index < -0.39 is 4.92 Å². The molecule has 7 heteroatoms. The fraction of sp³-hybridized carbons (Fsp3) is 0.0500.